The third kappa shape index (κ3) is 3.93. The molecule has 1 aromatic rings. The maximum atomic E-state index is 11.8. The molecule has 2 rings (SSSR count). The van der Waals surface area contributed by atoms with Crippen molar-refractivity contribution in [2.24, 2.45) is 0 Å². The number of pyridine rings is 1. The zero-order valence-corrected chi connectivity index (χ0v) is 11.6. The van der Waals surface area contributed by atoms with Gasteiger partial charge in [0.2, 0.25) is 0 Å². The van der Waals surface area contributed by atoms with Crippen molar-refractivity contribution in [1.82, 2.24) is 9.71 Å². The summed E-state index contributed by atoms with van der Waals surface area (Å²) < 4.78 is 29.3. The second-order valence-corrected chi connectivity index (χ2v) is 6.33. The first-order valence-corrected chi connectivity index (χ1v) is 7.74. The monoisotopic (exact) mass is 319 g/mol. The van der Waals surface area contributed by atoms with Crippen LogP contribution in [0.1, 0.15) is 25.7 Å². The summed E-state index contributed by atoms with van der Waals surface area (Å²) in [6, 6.07) is 3.41. The Morgan fingerprint density at radius 1 is 1.29 bits per heavy atom. The highest BCUT2D eigenvalue weighted by Gasteiger charge is 2.21. The number of aromatic nitrogens is 1. The highest BCUT2D eigenvalue weighted by atomic mass is 79.9. The first-order chi connectivity index (χ1) is 8.05. The number of hydrogen-bond donors (Lipinski definition) is 2. The van der Waals surface area contributed by atoms with E-state index in [-0.39, 0.29) is 6.04 Å². The maximum absolute atomic E-state index is 11.8. The summed E-state index contributed by atoms with van der Waals surface area (Å²) in [7, 11) is -3.49. The highest BCUT2D eigenvalue weighted by Crippen LogP contribution is 2.19. The fourth-order valence-electron chi connectivity index (χ4n) is 1.88. The fourth-order valence-corrected chi connectivity index (χ4v) is 3.28. The summed E-state index contributed by atoms with van der Waals surface area (Å²) in [4.78, 5) is 3.96. The molecule has 1 aromatic heterocycles. The van der Waals surface area contributed by atoms with Crippen molar-refractivity contribution in [2.75, 3.05) is 4.72 Å². The van der Waals surface area contributed by atoms with Gasteiger partial charge in [0.15, 0.2) is 0 Å². The molecule has 0 aliphatic heterocycles. The number of nitrogens with zero attached hydrogens (tertiary/aromatic N) is 1. The lowest BCUT2D eigenvalue weighted by molar-refractivity contribution is 0.557. The molecule has 0 radical (unpaired) electrons. The van der Waals surface area contributed by atoms with E-state index in [9.17, 15) is 8.42 Å². The number of halogens is 1. The van der Waals surface area contributed by atoms with E-state index in [0.717, 1.165) is 25.7 Å². The average molecular weight is 320 g/mol. The molecular weight excluding hydrogens is 306 g/mol. The quantitative estimate of drug-likeness (QED) is 0.834. The standard InChI is InChI=1S/C10H14BrN3O2S/c11-10-6-5-9(7-12-10)14-17(15,16)13-8-3-1-2-4-8/h5-8,13-14H,1-4H2. The van der Waals surface area contributed by atoms with Gasteiger partial charge < -0.3 is 0 Å². The average Bonchev–Trinajstić information content (AvgIpc) is 2.73. The topological polar surface area (TPSA) is 71.1 Å². The molecule has 94 valence electrons. The van der Waals surface area contributed by atoms with Crippen molar-refractivity contribution in [3.8, 4) is 0 Å². The fraction of sp³-hybridized carbons (Fsp3) is 0.500. The summed E-state index contributed by atoms with van der Waals surface area (Å²) in [5.41, 5.74) is 0.457. The van der Waals surface area contributed by atoms with Crippen molar-refractivity contribution in [1.29, 1.82) is 0 Å². The Balaban J connectivity index is 1.98. The Labute approximate surface area is 109 Å². The Hall–Kier alpha value is -0.660. The Morgan fingerprint density at radius 2 is 2.00 bits per heavy atom. The van der Waals surface area contributed by atoms with E-state index in [4.69, 9.17) is 0 Å². The molecule has 0 atom stereocenters. The zero-order chi connectivity index (χ0) is 12.3. The van der Waals surface area contributed by atoms with Crippen molar-refractivity contribution < 1.29 is 8.42 Å². The van der Waals surface area contributed by atoms with Crippen LogP contribution in [0.5, 0.6) is 0 Å². The van der Waals surface area contributed by atoms with E-state index in [1.165, 1.54) is 6.20 Å². The minimum Gasteiger partial charge on any atom is -0.270 e. The minimum atomic E-state index is -3.49. The first kappa shape index (κ1) is 12.8. The Kier molecular flexibility index (Phi) is 4.01. The van der Waals surface area contributed by atoms with Gasteiger partial charge in [-0.1, -0.05) is 12.8 Å². The molecule has 1 saturated carbocycles. The molecule has 0 aromatic carbocycles. The predicted molar refractivity (Wildman–Crippen MR) is 69.9 cm³/mol. The maximum Gasteiger partial charge on any atom is 0.299 e. The van der Waals surface area contributed by atoms with E-state index in [1.54, 1.807) is 12.1 Å². The van der Waals surface area contributed by atoms with Crippen LogP contribution in [-0.4, -0.2) is 19.4 Å². The molecular formula is C10H14BrN3O2S. The van der Waals surface area contributed by atoms with Gasteiger partial charge in [-0.2, -0.15) is 13.1 Å². The number of anilines is 1. The summed E-state index contributed by atoms with van der Waals surface area (Å²) in [5, 5.41) is 0. The van der Waals surface area contributed by atoms with Crippen molar-refractivity contribution >= 4 is 31.8 Å². The molecule has 0 unspecified atom stereocenters. The van der Waals surface area contributed by atoms with Crippen LogP contribution in [0.3, 0.4) is 0 Å². The van der Waals surface area contributed by atoms with Crippen LogP contribution < -0.4 is 9.44 Å². The van der Waals surface area contributed by atoms with Gasteiger partial charge in [0.25, 0.3) is 10.2 Å². The molecule has 1 fully saturated rings. The van der Waals surface area contributed by atoms with Gasteiger partial charge in [-0.05, 0) is 40.9 Å². The van der Waals surface area contributed by atoms with Crippen molar-refractivity contribution in [3.63, 3.8) is 0 Å². The lowest BCUT2D eigenvalue weighted by atomic mass is 10.3. The van der Waals surface area contributed by atoms with Crippen LogP contribution in [0, 0.1) is 0 Å². The van der Waals surface area contributed by atoms with Gasteiger partial charge in [0.1, 0.15) is 4.60 Å². The smallest absolute Gasteiger partial charge is 0.270 e. The van der Waals surface area contributed by atoms with E-state index in [2.05, 4.69) is 30.4 Å². The number of hydrogen-bond acceptors (Lipinski definition) is 3. The first-order valence-electron chi connectivity index (χ1n) is 5.47. The predicted octanol–water partition coefficient (Wildman–Crippen LogP) is 2.03. The lowest BCUT2D eigenvalue weighted by Crippen LogP contribution is -2.37. The third-order valence-electron chi connectivity index (χ3n) is 2.66. The molecule has 17 heavy (non-hydrogen) atoms. The van der Waals surface area contributed by atoms with Crippen molar-refractivity contribution in [3.05, 3.63) is 22.9 Å². The molecule has 1 heterocycles. The lowest BCUT2D eigenvalue weighted by Gasteiger charge is -2.13. The van der Waals surface area contributed by atoms with E-state index < -0.39 is 10.2 Å². The summed E-state index contributed by atoms with van der Waals surface area (Å²) in [5.74, 6) is 0. The molecule has 2 N–H and O–H groups in total. The second-order valence-electron chi connectivity index (χ2n) is 4.07. The van der Waals surface area contributed by atoms with E-state index in [0.29, 0.717) is 10.3 Å². The molecule has 0 spiro atoms. The minimum absolute atomic E-state index is 0.0657. The second kappa shape index (κ2) is 5.32. The van der Waals surface area contributed by atoms with Gasteiger partial charge in [-0.15, -0.1) is 0 Å². The van der Waals surface area contributed by atoms with Gasteiger partial charge in [-0.3, -0.25) is 4.72 Å². The number of nitrogens with one attached hydrogen (secondary N) is 2. The van der Waals surface area contributed by atoms with Crippen LogP contribution in [0.2, 0.25) is 0 Å². The molecule has 1 aliphatic carbocycles. The Morgan fingerprint density at radius 3 is 2.59 bits per heavy atom. The van der Waals surface area contributed by atoms with Gasteiger partial charge in [0, 0.05) is 6.04 Å². The van der Waals surface area contributed by atoms with Gasteiger partial charge >= 0.3 is 0 Å². The van der Waals surface area contributed by atoms with Crippen LogP contribution in [0.15, 0.2) is 22.9 Å². The van der Waals surface area contributed by atoms with Gasteiger partial charge in [-0.25, -0.2) is 4.98 Å². The SMILES string of the molecule is O=S(=O)(Nc1ccc(Br)nc1)NC1CCCC1. The molecule has 5 nitrogen and oxygen atoms in total. The third-order valence-corrected chi connectivity index (χ3v) is 4.27. The van der Waals surface area contributed by atoms with Gasteiger partial charge in [0.05, 0.1) is 11.9 Å². The van der Waals surface area contributed by atoms with Crippen LogP contribution in [0.25, 0.3) is 0 Å². The van der Waals surface area contributed by atoms with Crippen LogP contribution in [0.4, 0.5) is 5.69 Å². The largest absolute Gasteiger partial charge is 0.299 e. The van der Waals surface area contributed by atoms with Crippen molar-refractivity contribution in [2.45, 2.75) is 31.7 Å². The molecule has 0 bridgehead atoms. The molecule has 0 saturated heterocycles. The summed E-state index contributed by atoms with van der Waals surface area (Å²) >= 11 is 3.19. The zero-order valence-electron chi connectivity index (χ0n) is 9.19. The van der Waals surface area contributed by atoms with E-state index >= 15 is 0 Å². The van der Waals surface area contributed by atoms with Crippen LogP contribution >= 0.6 is 15.9 Å². The number of rotatable bonds is 4. The Bertz CT molecular complexity index is 469. The molecule has 1 aliphatic rings. The summed E-state index contributed by atoms with van der Waals surface area (Å²) in [6.45, 7) is 0. The highest BCUT2D eigenvalue weighted by molar-refractivity contribution is 9.10. The molecule has 7 heteroatoms. The normalized spacial score (nSPS) is 17.2. The van der Waals surface area contributed by atoms with Crippen LogP contribution in [-0.2, 0) is 10.2 Å². The van der Waals surface area contributed by atoms with E-state index in [1.807, 2.05) is 0 Å². The summed E-state index contributed by atoms with van der Waals surface area (Å²) in [6.07, 6.45) is 5.48. The molecule has 0 amide bonds.